The summed E-state index contributed by atoms with van der Waals surface area (Å²) < 4.78 is 19.4. The maximum atomic E-state index is 13.8. The lowest BCUT2D eigenvalue weighted by atomic mass is 9.90. The number of benzene rings is 2. The molecule has 2 aromatic carbocycles. The second-order valence-electron chi connectivity index (χ2n) is 4.96. The van der Waals surface area contributed by atoms with Crippen LogP contribution in [0, 0.1) is 23.1 Å². The van der Waals surface area contributed by atoms with Crippen molar-refractivity contribution in [2.45, 2.75) is 19.8 Å². The highest BCUT2D eigenvalue weighted by atomic mass is 19.1. The van der Waals surface area contributed by atoms with E-state index in [0.717, 1.165) is 5.56 Å². The molecule has 3 heteroatoms. The maximum Gasteiger partial charge on any atom is 0.165 e. The molecule has 0 aromatic heterocycles. The van der Waals surface area contributed by atoms with Gasteiger partial charge in [0.2, 0.25) is 0 Å². The largest absolute Gasteiger partial charge is 0.454 e. The fourth-order valence-electron chi connectivity index (χ4n) is 2.02. The summed E-state index contributed by atoms with van der Waals surface area (Å²) in [6, 6.07) is 15.9. The minimum atomic E-state index is -0.432. The van der Waals surface area contributed by atoms with Gasteiger partial charge < -0.3 is 4.74 Å². The van der Waals surface area contributed by atoms with Crippen LogP contribution >= 0.6 is 0 Å². The molecular weight excluding hydrogens is 253 g/mol. The van der Waals surface area contributed by atoms with E-state index in [1.807, 2.05) is 32.0 Å². The van der Waals surface area contributed by atoms with E-state index in [1.54, 1.807) is 24.3 Å². The van der Waals surface area contributed by atoms with Crippen LogP contribution in [0.3, 0.4) is 0 Å². The Kier molecular flexibility index (Phi) is 4.37. The molecule has 0 spiro atoms. The van der Waals surface area contributed by atoms with Gasteiger partial charge in [0.05, 0.1) is 12.0 Å². The van der Waals surface area contributed by atoms with Crippen LogP contribution in [0.2, 0.25) is 0 Å². The van der Waals surface area contributed by atoms with Crippen LogP contribution in [-0.2, 0) is 0 Å². The van der Waals surface area contributed by atoms with E-state index in [4.69, 9.17) is 4.74 Å². The van der Waals surface area contributed by atoms with E-state index in [-0.39, 0.29) is 17.6 Å². The Morgan fingerprint density at radius 3 is 2.40 bits per heavy atom. The first-order chi connectivity index (χ1) is 9.61. The minimum Gasteiger partial charge on any atom is -0.454 e. The third-order valence-corrected chi connectivity index (χ3v) is 3.09. The van der Waals surface area contributed by atoms with Gasteiger partial charge in [-0.1, -0.05) is 38.1 Å². The van der Waals surface area contributed by atoms with Crippen LogP contribution in [0.1, 0.15) is 25.3 Å². The van der Waals surface area contributed by atoms with Gasteiger partial charge in [0, 0.05) is 0 Å². The fourth-order valence-corrected chi connectivity index (χ4v) is 2.02. The molecule has 2 nitrogen and oxygen atoms in total. The standard InChI is InChI=1S/C17H16FNO/c1-12(2)15(11-19)13-8-9-16(18)17(10-13)20-14-6-4-3-5-7-14/h3-10,12,15H,1-2H3. The van der Waals surface area contributed by atoms with Gasteiger partial charge in [-0.2, -0.15) is 5.26 Å². The first-order valence-corrected chi connectivity index (χ1v) is 6.53. The monoisotopic (exact) mass is 269 g/mol. The van der Waals surface area contributed by atoms with Crippen molar-refractivity contribution in [1.82, 2.24) is 0 Å². The lowest BCUT2D eigenvalue weighted by molar-refractivity contribution is 0.440. The molecule has 0 saturated carbocycles. The Hall–Kier alpha value is -2.34. The molecule has 1 atom stereocenters. The summed E-state index contributed by atoms with van der Waals surface area (Å²) in [5.41, 5.74) is 0.773. The van der Waals surface area contributed by atoms with E-state index >= 15 is 0 Å². The number of ether oxygens (including phenoxy) is 1. The summed E-state index contributed by atoms with van der Waals surface area (Å²) >= 11 is 0. The third-order valence-electron chi connectivity index (χ3n) is 3.09. The molecule has 1 unspecified atom stereocenters. The molecular formula is C17H16FNO. The smallest absolute Gasteiger partial charge is 0.165 e. The first kappa shape index (κ1) is 14.1. The Balaban J connectivity index is 2.32. The van der Waals surface area contributed by atoms with Crippen LogP contribution in [-0.4, -0.2) is 0 Å². The van der Waals surface area contributed by atoms with Crippen LogP contribution in [0.4, 0.5) is 4.39 Å². The van der Waals surface area contributed by atoms with Gasteiger partial charge in [-0.3, -0.25) is 0 Å². The number of hydrogen-bond donors (Lipinski definition) is 0. The second kappa shape index (κ2) is 6.21. The van der Waals surface area contributed by atoms with Gasteiger partial charge >= 0.3 is 0 Å². The average molecular weight is 269 g/mol. The number of nitriles is 1. The topological polar surface area (TPSA) is 33.0 Å². The van der Waals surface area contributed by atoms with E-state index in [2.05, 4.69) is 6.07 Å². The van der Waals surface area contributed by atoms with Crippen LogP contribution in [0.5, 0.6) is 11.5 Å². The summed E-state index contributed by atoms with van der Waals surface area (Å²) in [4.78, 5) is 0. The normalized spacial score (nSPS) is 11.9. The summed E-state index contributed by atoms with van der Waals surface area (Å²) in [6.45, 7) is 3.93. The van der Waals surface area contributed by atoms with Crippen molar-refractivity contribution in [3.8, 4) is 17.6 Å². The molecule has 0 amide bonds. The molecule has 0 saturated heterocycles. The Labute approximate surface area is 118 Å². The van der Waals surface area contributed by atoms with Crippen LogP contribution < -0.4 is 4.74 Å². The van der Waals surface area contributed by atoms with Crippen molar-refractivity contribution >= 4 is 0 Å². The number of para-hydroxylation sites is 1. The summed E-state index contributed by atoms with van der Waals surface area (Å²) in [6.07, 6.45) is 0. The zero-order valence-corrected chi connectivity index (χ0v) is 11.5. The molecule has 0 fully saturated rings. The highest BCUT2D eigenvalue weighted by Gasteiger charge is 2.17. The zero-order chi connectivity index (χ0) is 14.5. The Morgan fingerprint density at radius 1 is 1.10 bits per heavy atom. The van der Waals surface area contributed by atoms with Crippen molar-refractivity contribution in [2.75, 3.05) is 0 Å². The van der Waals surface area contributed by atoms with Gasteiger partial charge in [0.15, 0.2) is 11.6 Å². The molecule has 0 N–H and O–H groups in total. The van der Waals surface area contributed by atoms with Gasteiger partial charge in [-0.05, 0) is 35.7 Å². The quantitative estimate of drug-likeness (QED) is 0.792. The summed E-state index contributed by atoms with van der Waals surface area (Å²) in [5.74, 6) is 0.179. The maximum absolute atomic E-state index is 13.8. The highest BCUT2D eigenvalue weighted by Crippen LogP contribution is 2.30. The number of rotatable bonds is 4. The van der Waals surface area contributed by atoms with Crippen molar-refractivity contribution in [2.24, 2.45) is 5.92 Å². The van der Waals surface area contributed by atoms with Crippen molar-refractivity contribution in [1.29, 1.82) is 5.26 Å². The molecule has 102 valence electrons. The molecule has 0 aliphatic heterocycles. The summed E-state index contributed by atoms with van der Waals surface area (Å²) in [7, 11) is 0. The number of halogens is 1. The molecule has 20 heavy (non-hydrogen) atoms. The third kappa shape index (κ3) is 3.16. The molecule has 2 rings (SSSR count). The van der Waals surface area contributed by atoms with Crippen molar-refractivity contribution < 1.29 is 9.13 Å². The van der Waals surface area contributed by atoms with E-state index in [0.29, 0.717) is 5.75 Å². The SMILES string of the molecule is CC(C)C(C#N)c1ccc(F)c(Oc2ccccc2)c1. The number of hydrogen-bond acceptors (Lipinski definition) is 2. The molecule has 0 bridgehead atoms. The van der Waals surface area contributed by atoms with Gasteiger partial charge in [0.1, 0.15) is 5.75 Å². The first-order valence-electron chi connectivity index (χ1n) is 6.53. The van der Waals surface area contributed by atoms with Crippen molar-refractivity contribution in [3.05, 3.63) is 59.9 Å². The Bertz CT molecular complexity index is 617. The number of nitrogens with zero attached hydrogens (tertiary/aromatic N) is 1. The molecule has 0 radical (unpaired) electrons. The second-order valence-corrected chi connectivity index (χ2v) is 4.96. The molecule has 0 heterocycles. The zero-order valence-electron chi connectivity index (χ0n) is 11.5. The van der Waals surface area contributed by atoms with E-state index in [1.165, 1.54) is 6.07 Å². The average Bonchev–Trinajstić information content (AvgIpc) is 2.44. The Morgan fingerprint density at radius 2 is 1.80 bits per heavy atom. The predicted octanol–water partition coefficient (Wildman–Crippen LogP) is 4.88. The highest BCUT2D eigenvalue weighted by molar-refractivity contribution is 5.38. The summed E-state index contributed by atoms with van der Waals surface area (Å²) in [5, 5.41) is 9.22. The lowest BCUT2D eigenvalue weighted by Crippen LogP contribution is -2.04. The molecule has 2 aromatic rings. The van der Waals surface area contributed by atoms with Gasteiger partial charge in [-0.15, -0.1) is 0 Å². The van der Waals surface area contributed by atoms with Crippen LogP contribution in [0.15, 0.2) is 48.5 Å². The van der Waals surface area contributed by atoms with Gasteiger partial charge in [-0.25, -0.2) is 4.39 Å². The van der Waals surface area contributed by atoms with Crippen molar-refractivity contribution in [3.63, 3.8) is 0 Å². The van der Waals surface area contributed by atoms with Crippen LogP contribution in [0.25, 0.3) is 0 Å². The fraction of sp³-hybridized carbons (Fsp3) is 0.235. The predicted molar refractivity (Wildman–Crippen MR) is 76.1 cm³/mol. The molecule has 0 aliphatic rings. The van der Waals surface area contributed by atoms with Gasteiger partial charge in [0.25, 0.3) is 0 Å². The van der Waals surface area contributed by atoms with E-state index in [9.17, 15) is 9.65 Å². The lowest BCUT2D eigenvalue weighted by Gasteiger charge is -2.15. The minimum absolute atomic E-state index is 0.148. The van der Waals surface area contributed by atoms with E-state index < -0.39 is 5.82 Å². The molecule has 0 aliphatic carbocycles.